The van der Waals surface area contributed by atoms with Crippen LogP contribution in [0.15, 0.2) is 25.2 Å². The number of piperazine rings is 1. The summed E-state index contributed by atoms with van der Waals surface area (Å²) in [5.74, 6) is 0.824. The van der Waals surface area contributed by atoms with Gasteiger partial charge in [0.05, 0.1) is 0 Å². The molecule has 3 rings (SSSR count). The Hall–Kier alpha value is -2.68. The molecule has 0 spiro atoms. The Balaban J connectivity index is 1.86. The van der Waals surface area contributed by atoms with Crippen LogP contribution >= 0.6 is 0 Å². The van der Waals surface area contributed by atoms with Gasteiger partial charge in [0.25, 0.3) is 5.56 Å². The molecular formula is C19H27N5O4. The average molecular weight is 389 g/mol. The summed E-state index contributed by atoms with van der Waals surface area (Å²) in [6.07, 6.45) is 2.21. The van der Waals surface area contributed by atoms with Crippen molar-refractivity contribution in [3.8, 4) is 6.01 Å². The monoisotopic (exact) mass is 389 g/mol. The number of nitrogens with zero attached hydrogens (tertiary/aromatic N) is 4. The van der Waals surface area contributed by atoms with Gasteiger partial charge in [-0.1, -0.05) is 25.9 Å². The largest absolute Gasteiger partial charge is 0.403 e. The zero-order valence-electron chi connectivity index (χ0n) is 16.7. The van der Waals surface area contributed by atoms with Crippen molar-refractivity contribution in [2.75, 3.05) is 32.7 Å². The molecule has 0 aromatic carbocycles. The Bertz CT molecular complexity index is 957. The summed E-state index contributed by atoms with van der Waals surface area (Å²) in [7, 11) is 0. The maximum Gasteiger partial charge on any atom is 0.337 e. The van der Waals surface area contributed by atoms with Gasteiger partial charge in [-0.25, -0.2) is 4.79 Å². The maximum absolute atomic E-state index is 12.4. The lowest BCUT2D eigenvalue weighted by atomic mass is 10.1. The van der Waals surface area contributed by atoms with Crippen LogP contribution in [0.25, 0.3) is 11.1 Å². The molecule has 1 aliphatic heterocycles. The summed E-state index contributed by atoms with van der Waals surface area (Å²) in [6, 6.07) is 1.22. The SMILES string of the molecule is CCCC(=NOc1nc2oc(=O)cc(CC)c2c(=O)[nH]1)N1CCN(CC)CC1. The minimum absolute atomic E-state index is 0.0353. The minimum Gasteiger partial charge on any atom is -0.403 e. The number of oxime groups is 1. The van der Waals surface area contributed by atoms with Crippen molar-refractivity contribution in [3.63, 3.8) is 0 Å². The van der Waals surface area contributed by atoms with Gasteiger partial charge in [0, 0.05) is 38.7 Å². The van der Waals surface area contributed by atoms with E-state index in [1.807, 2.05) is 6.92 Å². The third kappa shape index (κ3) is 4.41. The number of amidine groups is 1. The molecule has 1 aliphatic rings. The van der Waals surface area contributed by atoms with E-state index in [9.17, 15) is 9.59 Å². The highest BCUT2D eigenvalue weighted by molar-refractivity contribution is 5.82. The van der Waals surface area contributed by atoms with E-state index in [2.05, 4.69) is 38.8 Å². The van der Waals surface area contributed by atoms with E-state index < -0.39 is 11.2 Å². The second-order valence-electron chi connectivity index (χ2n) is 6.77. The Kier molecular flexibility index (Phi) is 6.45. The van der Waals surface area contributed by atoms with E-state index in [-0.39, 0.29) is 17.1 Å². The summed E-state index contributed by atoms with van der Waals surface area (Å²) in [4.78, 5) is 40.9. The van der Waals surface area contributed by atoms with Gasteiger partial charge in [0.1, 0.15) is 11.2 Å². The van der Waals surface area contributed by atoms with Crippen LogP contribution in [-0.2, 0) is 6.42 Å². The van der Waals surface area contributed by atoms with Gasteiger partial charge in [-0.05, 0) is 24.9 Å². The van der Waals surface area contributed by atoms with E-state index in [1.54, 1.807) is 0 Å². The lowest BCUT2D eigenvalue weighted by Crippen LogP contribution is -2.48. The number of hydrogen-bond donors (Lipinski definition) is 1. The summed E-state index contributed by atoms with van der Waals surface area (Å²) in [5.41, 5.74) is -0.399. The molecule has 0 unspecified atom stereocenters. The molecule has 0 radical (unpaired) electrons. The molecular weight excluding hydrogens is 362 g/mol. The van der Waals surface area contributed by atoms with Crippen molar-refractivity contribution in [3.05, 3.63) is 32.4 Å². The molecule has 9 heteroatoms. The molecule has 9 nitrogen and oxygen atoms in total. The molecule has 1 N–H and O–H groups in total. The highest BCUT2D eigenvalue weighted by Crippen LogP contribution is 2.14. The van der Waals surface area contributed by atoms with Gasteiger partial charge in [-0.2, -0.15) is 4.98 Å². The lowest BCUT2D eigenvalue weighted by molar-refractivity contribution is 0.182. The molecule has 0 bridgehead atoms. The van der Waals surface area contributed by atoms with Crippen molar-refractivity contribution in [1.29, 1.82) is 0 Å². The van der Waals surface area contributed by atoms with Crippen LogP contribution in [0.2, 0.25) is 0 Å². The van der Waals surface area contributed by atoms with Crippen LogP contribution in [0.4, 0.5) is 0 Å². The highest BCUT2D eigenvalue weighted by Gasteiger charge is 2.19. The molecule has 1 saturated heterocycles. The van der Waals surface area contributed by atoms with Crippen LogP contribution in [0.3, 0.4) is 0 Å². The van der Waals surface area contributed by atoms with Crippen molar-refractivity contribution < 1.29 is 9.25 Å². The number of nitrogens with one attached hydrogen (secondary N) is 1. The first kappa shape index (κ1) is 20.1. The molecule has 1 fully saturated rings. The predicted octanol–water partition coefficient (Wildman–Crippen LogP) is 1.57. The second-order valence-corrected chi connectivity index (χ2v) is 6.77. The fraction of sp³-hybridized carbons (Fsp3) is 0.579. The summed E-state index contributed by atoms with van der Waals surface area (Å²) < 4.78 is 5.09. The predicted molar refractivity (Wildman–Crippen MR) is 107 cm³/mol. The number of fused-ring (bicyclic) bond motifs is 1. The van der Waals surface area contributed by atoms with Crippen LogP contribution in [-0.4, -0.2) is 58.3 Å². The average Bonchev–Trinajstić information content (AvgIpc) is 2.70. The quantitative estimate of drug-likeness (QED) is 0.454. The van der Waals surface area contributed by atoms with E-state index in [1.165, 1.54) is 6.07 Å². The lowest BCUT2D eigenvalue weighted by Gasteiger charge is -2.35. The molecule has 2 aromatic rings. The topological polar surface area (TPSA) is 104 Å². The number of aromatic amines is 1. The Morgan fingerprint density at radius 2 is 2.00 bits per heavy atom. The van der Waals surface area contributed by atoms with Crippen LogP contribution < -0.4 is 16.0 Å². The van der Waals surface area contributed by atoms with Crippen LogP contribution in [0.1, 0.15) is 39.2 Å². The first-order valence-electron chi connectivity index (χ1n) is 9.83. The number of hydrogen-bond acceptors (Lipinski definition) is 7. The second kappa shape index (κ2) is 9.01. The van der Waals surface area contributed by atoms with Crippen molar-refractivity contribution in [2.45, 2.75) is 40.0 Å². The van der Waals surface area contributed by atoms with Crippen LogP contribution in [0.5, 0.6) is 6.01 Å². The zero-order chi connectivity index (χ0) is 20.1. The molecule has 3 heterocycles. The summed E-state index contributed by atoms with van der Waals surface area (Å²) in [6.45, 7) is 10.9. The molecule has 0 saturated carbocycles. The third-order valence-corrected chi connectivity index (χ3v) is 4.95. The summed E-state index contributed by atoms with van der Waals surface area (Å²) >= 11 is 0. The smallest absolute Gasteiger partial charge is 0.337 e. The first-order chi connectivity index (χ1) is 13.5. The normalized spacial score (nSPS) is 16.0. The van der Waals surface area contributed by atoms with E-state index >= 15 is 0 Å². The molecule has 0 atom stereocenters. The van der Waals surface area contributed by atoms with Crippen LogP contribution in [0, 0.1) is 0 Å². The van der Waals surface area contributed by atoms with Crippen molar-refractivity contribution in [1.82, 2.24) is 19.8 Å². The maximum atomic E-state index is 12.4. The number of aromatic nitrogens is 2. The van der Waals surface area contributed by atoms with Crippen molar-refractivity contribution in [2.24, 2.45) is 5.16 Å². The van der Waals surface area contributed by atoms with Gasteiger partial charge in [-0.15, -0.1) is 0 Å². The van der Waals surface area contributed by atoms with Gasteiger partial charge in [0.2, 0.25) is 5.71 Å². The van der Waals surface area contributed by atoms with Crippen molar-refractivity contribution >= 4 is 16.9 Å². The molecule has 28 heavy (non-hydrogen) atoms. The van der Waals surface area contributed by atoms with Gasteiger partial charge < -0.3 is 19.1 Å². The zero-order valence-corrected chi connectivity index (χ0v) is 16.7. The van der Waals surface area contributed by atoms with E-state index in [0.29, 0.717) is 12.0 Å². The Morgan fingerprint density at radius 1 is 1.25 bits per heavy atom. The standard InChI is InChI=1S/C19H27N5O4/c1-4-7-14(24-10-8-23(6-3)9-11-24)22-28-19-20-17(26)16-13(5-2)12-15(25)27-18(16)21-19/h12H,4-11H2,1-3H3,(H,20,21,26). The fourth-order valence-electron chi connectivity index (χ4n) is 3.35. The number of H-pyrrole nitrogens is 1. The third-order valence-electron chi connectivity index (χ3n) is 4.95. The number of likely N-dealkylation sites (N-methyl/N-ethyl adjacent to an activating group) is 1. The first-order valence-corrected chi connectivity index (χ1v) is 9.83. The molecule has 0 aliphatic carbocycles. The Morgan fingerprint density at radius 3 is 2.64 bits per heavy atom. The molecule has 152 valence electrons. The fourth-order valence-corrected chi connectivity index (χ4v) is 3.35. The number of rotatable bonds is 6. The minimum atomic E-state index is -0.544. The van der Waals surface area contributed by atoms with E-state index in [4.69, 9.17) is 9.25 Å². The van der Waals surface area contributed by atoms with E-state index in [0.717, 1.165) is 51.4 Å². The van der Waals surface area contributed by atoms with Gasteiger partial charge in [-0.3, -0.25) is 9.78 Å². The number of aryl methyl sites for hydroxylation is 1. The highest BCUT2D eigenvalue weighted by atomic mass is 16.6. The Labute approximate surface area is 163 Å². The van der Waals surface area contributed by atoms with Gasteiger partial charge >= 0.3 is 11.6 Å². The summed E-state index contributed by atoms with van der Waals surface area (Å²) in [5, 5.41) is 4.51. The molecule has 0 amide bonds. The van der Waals surface area contributed by atoms with Gasteiger partial charge in [0.15, 0.2) is 0 Å². The molecule has 2 aromatic heterocycles.